The maximum atomic E-state index is 5.89. The normalized spacial score (nSPS) is 10.4. The monoisotopic (exact) mass is 313 g/mol. The Morgan fingerprint density at radius 1 is 1.10 bits per heavy atom. The van der Waals surface area contributed by atoms with Crippen LogP contribution in [-0.2, 0) is 0 Å². The van der Waals surface area contributed by atoms with E-state index in [4.69, 9.17) is 27.9 Å². The minimum absolute atomic E-state index is 0.0758. The van der Waals surface area contributed by atoms with Gasteiger partial charge in [0.25, 0.3) is 0 Å². The Balaban J connectivity index is 2.28. The van der Waals surface area contributed by atoms with Crippen molar-refractivity contribution in [2.75, 3.05) is 18.0 Å². The molecule has 0 bridgehead atoms. The summed E-state index contributed by atoms with van der Waals surface area (Å²) < 4.78 is 5.50. The smallest absolute Gasteiger partial charge is 0.328 e. The number of hydrogen-bond donors (Lipinski definition) is 0. The summed E-state index contributed by atoms with van der Waals surface area (Å²) in [6, 6.07) is 1.72. The topological polar surface area (TPSA) is 64.0 Å². The van der Waals surface area contributed by atoms with Gasteiger partial charge in [0.1, 0.15) is 0 Å². The van der Waals surface area contributed by atoms with Gasteiger partial charge < -0.3 is 9.64 Å². The van der Waals surface area contributed by atoms with E-state index in [0.717, 1.165) is 13.1 Å². The first-order chi connectivity index (χ1) is 9.62. The maximum Gasteiger partial charge on any atom is 0.328 e. The lowest BCUT2D eigenvalue weighted by molar-refractivity contribution is 0.437. The number of ether oxygens (including phenoxy) is 1. The third kappa shape index (κ3) is 3.68. The van der Waals surface area contributed by atoms with Crippen LogP contribution < -0.4 is 9.64 Å². The first kappa shape index (κ1) is 14.7. The highest BCUT2D eigenvalue weighted by Gasteiger charge is 2.11. The highest BCUT2D eigenvalue weighted by Crippen LogP contribution is 2.22. The average molecular weight is 314 g/mol. The molecule has 0 spiro atoms. The molecule has 0 saturated heterocycles. The standard InChI is InChI=1S/C12H13Cl2N5O/c1-3-19(4-2)11-16-10(14)17-12(18-11)20-9-5-8(13)6-15-7-9/h5-7H,3-4H2,1-2H3. The molecular formula is C12H13Cl2N5O. The van der Waals surface area contributed by atoms with Gasteiger partial charge in [-0.2, -0.15) is 15.0 Å². The van der Waals surface area contributed by atoms with Crippen molar-refractivity contribution in [3.05, 3.63) is 28.8 Å². The van der Waals surface area contributed by atoms with Crippen LogP contribution in [-0.4, -0.2) is 33.0 Å². The van der Waals surface area contributed by atoms with Crippen molar-refractivity contribution in [1.82, 2.24) is 19.9 Å². The van der Waals surface area contributed by atoms with Gasteiger partial charge in [-0.3, -0.25) is 4.98 Å². The van der Waals surface area contributed by atoms with Crippen LogP contribution in [0, 0.1) is 0 Å². The van der Waals surface area contributed by atoms with Gasteiger partial charge in [-0.1, -0.05) is 11.6 Å². The summed E-state index contributed by atoms with van der Waals surface area (Å²) in [5.41, 5.74) is 0. The molecule has 2 aromatic heterocycles. The first-order valence-corrected chi connectivity index (χ1v) is 6.83. The van der Waals surface area contributed by atoms with Crippen LogP contribution in [0.2, 0.25) is 10.3 Å². The Kier molecular flexibility index (Phi) is 4.92. The Bertz CT molecular complexity index is 592. The van der Waals surface area contributed by atoms with E-state index in [1.165, 1.54) is 12.4 Å². The van der Waals surface area contributed by atoms with E-state index in [2.05, 4.69) is 19.9 Å². The van der Waals surface area contributed by atoms with Crippen LogP contribution in [0.25, 0.3) is 0 Å². The molecule has 0 atom stereocenters. The van der Waals surface area contributed by atoms with Crippen LogP contribution in [0.1, 0.15) is 13.8 Å². The fraction of sp³-hybridized carbons (Fsp3) is 0.333. The molecule has 0 radical (unpaired) electrons. The SMILES string of the molecule is CCN(CC)c1nc(Cl)nc(Oc2cncc(Cl)c2)n1. The summed E-state index contributed by atoms with van der Waals surface area (Å²) in [6.45, 7) is 5.52. The molecule has 0 aliphatic heterocycles. The quantitative estimate of drug-likeness (QED) is 0.844. The molecular weight excluding hydrogens is 301 g/mol. The molecule has 20 heavy (non-hydrogen) atoms. The van der Waals surface area contributed by atoms with Crippen molar-refractivity contribution in [3.63, 3.8) is 0 Å². The summed E-state index contributed by atoms with van der Waals surface area (Å²) in [7, 11) is 0. The second-order valence-corrected chi connectivity index (χ2v) is 4.57. The van der Waals surface area contributed by atoms with Crippen molar-refractivity contribution in [2.24, 2.45) is 0 Å². The number of halogens is 2. The van der Waals surface area contributed by atoms with Crippen LogP contribution in [0.3, 0.4) is 0 Å². The summed E-state index contributed by atoms with van der Waals surface area (Å²) in [5, 5.41) is 0.540. The summed E-state index contributed by atoms with van der Waals surface area (Å²) in [5.74, 6) is 0.908. The minimum atomic E-state index is 0.0758. The lowest BCUT2D eigenvalue weighted by atomic mass is 10.5. The van der Waals surface area contributed by atoms with Crippen LogP contribution >= 0.6 is 23.2 Å². The second kappa shape index (κ2) is 6.67. The van der Waals surface area contributed by atoms with Gasteiger partial charge in [-0.05, 0) is 25.4 Å². The summed E-state index contributed by atoms with van der Waals surface area (Å²) >= 11 is 11.7. The third-order valence-electron chi connectivity index (χ3n) is 2.51. The largest absolute Gasteiger partial charge is 0.422 e. The zero-order valence-electron chi connectivity index (χ0n) is 11.0. The van der Waals surface area contributed by atoms with Crippen molar-refractivity contribution in [2.45, 2.75) is 13.8 Å². The van der Waals surface area contributed by atoms with E-state index >= 15 is 0 Å². The van der Waals surface area contributed by atoms with Gasteiger partial charge in [0.15, 0.2) is 5.75 Å². The predicted octanol–water partition coefficient (Wildman–Crippen LogP) is 3.21. The van der Waals surface area contributed by atoms with E-state index in [1.807, 2.05) is 18.7 Å². The molecule has 2 aromatic rings. The van der Waals surface area contributed by atoms with Gasteiger partial charge >= 0.3 is 6.01 Å². The van der Waals surface area contributed by atoms with Crippen LogP contribution in [0.4, 0.5) is 5.95 Å². The highest BCUT2D eigenvalue weighted by molar-refractivity contribution is 6.30. The zero-order chi connectivity index (χ0) is 14.5. The number of aromatic nitrogens is 4. The average Bonchev–Trinajstić information content (AvgIpc) is 2.39. The maximum absolute atomic E-state index is 5.89. The van der Waals surface area contributed by atoms with Crippen LogP contribution in [0.5, 0.6) is 11.8 Å². The van der Waals surface area contributed by atoms with E-state index < -0.39 is 0 Å². The molecule has 0 amide bonds. The van der Waals surface area contributed by atoms with Crippen molar-refractivity contribution in [3.8, 4) is 11.8 Å². The summed E-state index contributed by atoms with van der Waals surface area (Å²) in [4.78, 5) is 18.1. The second-order valence-electron chi connectivity index (χ2n) is 3.80. The fourth-order valence-corrected chi connectivity index (χ4v) is 1.88. The molecule has 2 rings (SSSR count). The van der Waals surface area contributed by atoms with Gasteiger partial charge in [0.05, 0.1) is 11.2 Å². The molecule has 0 N–H and O–H groups in total. The van der Waals surface area contributed by atoms with Gasteiger partial charge in [0, 0.05) is 25.4 Å². The molecule has 0 aliphatic rings. The molecule has 0 fully saturated rings. The molecule has 0 aromatic carbocycles. The van der Waals surface area contributed by atoms with E-state index in [0.29, 0.717) is 16.7 Å². The lowest BCUT2D eigenvalue weighted by Gasteiger charge is -2.18. The number of hydrogen-bond acceptors (Lipinski definition) is 6. The molecule has 106 valence electrons. The molecule has 8 heteroatoms. The highest BCUT2D eigenvalue weighted by atomic mass is 35.5. The zero-order valence-corrected chi connectivity index (χ0v) is 12.6. The molecule has 2 heterocycles. The van der Waals surface area contributed by atoms with Gasteiger partial charge in [-0.25, -0.2) is 0 Å². The molecule has 0 unspecified atom stereocenters. The van der Waals surface area contributed by atoms with E-state index in [9.17, 15) is 0 Å². The number of nitrogens with zero attached hydrogens (tertiary/aromatic N) is 5. The lowest BCUT2D eigenvalue weighted by Crippen LogP contribution is -2.24. The number of anilines is 1. The Morgan fingerprint density at radius 2 is 1.85 bits per heavy atom. The van der Waals surface area contributed by atoms with E-state index in [-0.39, 0.29) is 11.3 Å². The Morgan fingerprint density at radius 3 is 2.50 bits per heavy atom. The minimum Gasteiger partial charge on any atom is -0.422 e. The fourth-order valence-electron chi connectivity index (χ4n) is 1.57. The van der Waals surface area contributed by atoms with Gasteiger partial charge in [0.2, 0.25) is 11.2 Å². The van der Waals surface area contributed by atoms with Crippen molar-refractivity contribution in [1.29, 1.82) is 0 Å². The number of rotatable bonds is 5. The van der Waals surface area contributed by atoms with Crippen molar-refractivity contribution < 1.29 is 4.74 Å². The molecule has 0 aliphatic carbocycles. The predicted molar refractivity (Wildman–Crippen MR) is 77.7 cm³/mol. The van der Waals surface area contributed by atoms with E-state index in [1.54, 1.807) is 6.07 Å². The van der Waals surface area contributed by atoms with Crippen LogP contribution in [0.15, 0.2) is 18.5 Å². The Hall–Kier alpha value is -1.66. The third-order valence-corrected chi connectivity index (χ3v) is 2.89. The van der Waals surface area contributed by atoms with Gasteiger partial charge in [-0.15, -0.1) is 0 Å². The number of pyridine rings is 1. The molecule has 0 saturated carbocycles. The van der Waals surface area contributed by atoms with Crippen molar-refractivity contribution >= 4 is 29.2 Å². The molecule has 6 nitrogen and oxygen atoms in total. The Labute approximate surface area is 126 Å². The first-order valence-electron chi connectivity index (χ1n) is 6.07. The summed E-state index contributed by atoms with van der Waals surface area (Å²) in [6.07, 6.45) is 3.02.